The Hall–Kier alpha value is -1.65. The molecule has 0 unspecified atom stereocenters. The van der Waals surface area contributed by atoms with Crippen LogP contribution in [0.3, 0.4) is 0 Å². The van der Waals surface area contributed by atoms with Crippen LogP contribution in [0.4, 0.5) is 0 Å². The number of halogens is 1. The lowest BCUT2D eigenvalue weighted by molar-refractivity contribution is -0.119. The Morgan fingerprint density at radius 1 is 1.22 bits per heavy atom. The highest BCUT2D eigenvalue weighted by molar-refractivity contribution is 7.99. The molecule has 1 heterocycles. The van der Waals surface area contributed by atoms with Crippen molar-refractivity contribution in [2.45, 2.75) is 18.2 Å². The lowest BCUT2D eigenvalue weighted by Crippen LogP contribution is -2.33. The third-order valence-corrected chi connectivity index (χ3v) is 5.09. The van der Waals surface area contributed by atoms with Crippen LogP contribution in [0.15, 0.2) is 48.5 Å². The molecule has 0 saturated heterocycles. The number of amides is 1. The molecule has 2 aromatic rings. The molecule has 0 aliphatic carbocycles. The van der Waals surface area contributed by atoms with E-state index >= 15 is 0 Å². The molecule has 23 heavy (non-hydrogen) atoms. The van der Waals surface area contributed by atoms with Crippen molar-refractivity contribution in [3.8, 4) is 5.75 Å². The summed E-state index contributed by atoms with van der Waals surface area (Å²) in [5.41, 5.74) is 2.12. The van der Waals surface area contributed by atoms with Gasteiger partial charge in [0, 0.05) is 22.8 Å². The number of hydrogen-bond acceptors (Lipinski definition) is 3. The summed E-state index contributed by atoms with van der Waals surface area (Å²) in [5, 5.41) is 3.85. The van der Waals surface area contributed by atoms with Gasteiger partial charge in [-0.05, 0) is 17.7 Å². The average molecular weight is 348 g/mol. The lowest BCUT2D eigenvalue weighted by Gasteiger charge is -2.26. The van der Waals surface area contributed by atoms with Crippen molar-refractivity contribution in [2.24, 2.45) is 0 Å². The number of fused-ring (bicyclic) bond motifs is 1. The first-order valence-corrected chi connectivity index (χ1v) is 9.09. The highest BCUT2D eigenvalue weighted by atomic mass is 35.5. The van der Waals surface area contributed by atoms with Crippen molar-refractivity contribution >= 4 is 29.3 Å². The van der Waals surface area contributed by atoms with Gasteiger partial charge in [0.15, 0.2) is 0 Å². The first kappa shape index (κ1) is 16.2. The molecule has 1 aliphatic rings. The normalized spacial score (nSPS) is 16.3. The molecule has 5 heteroatoms. The summed E-state index contributed by atoms with van der Waals surface area (Å²) in [6, 6.07) is 15.6. The average Bonchev–Trinajstić information content (AvgIpc) is 2.57. The van der Waals surface area contributed by atoms with Gasteiger partial charge in [0.1, 0.15) is 5.75 Å². The number of para-hydroxylation sites is 1. The SMILES string of the molecule is O=C(CSCc1ccccc1Cl)N[C@H]1CCOc2ccccc21. The lowest BCUT2D eigenvalue weighted by atomic mass is 10.0. The minimum Gasteiger partial charge on any atom is -0.493 e. The van der Waals surface area contributed by atoms with E-state index in [0.717, 1.165) is 34.1 Å². The third-order valence-electron chi connectivity index (χ3n) is 3.74. The summed E-state index contributed by atoms with van der Waals surface area (Å²) in [4.78, 5) is 12.2. The van der Waals surface area contributed by atoms with Crippen molar-refractivity contribution in [1.82, 2.24) is 5.32 Å². The molecule has 1 amide bonds. The molecule has 1 aliphatic heterocycles. The molecule has 0 spiro atoms. The Balaban J connectivity index is 1.52. The van der Waals surface area contributed by atoms with Gasteiger partial charge in [0.2, 0.25) is 5.91 Å². The zero-order valence-corrected chi connectivity index (χ0v) is 14.2. The number of benzene rings is 2. The largest absolute Gasteiger partial charge is 0.493 e. The molecular weight excluding hydrogens is 330 g/mol. The first-order valence-electron chi connectivity index (χ1n) is 7.56. The Labute approximate surface area is 145 Å². The van der Waals surface area contributed by atoms with E-state index in [0.29, 0.717) is 12.4 Å². The summed E-state index contributed by atoms with van der Waals surface area (Å²) in [6.07, 6.45) is 0.804. The van der Waals surface area contributed by atoms with E-state index in [-0.39, 0.29) is 11.9 Å². The molecule has 0 aromatic heterocycles. The number of carbonyl (C=O) groups is 1. The van der Waals surface area contributed by atoms with Crippen LogP contribution in [0.5, 0.6) is 5.75 Å². The van der Waals surface area contributed by atoms with E-state index in [2.05, 4.69) is 5.32 Å². The number of hydrogen-bond donors (Lipinski definition) is 1. The molecule has 2 aromatic carbocycles. The third kappa shape index (κ3) is 4.21. The maximum absolute atomic E-state index is 12.2. The Morgan fingerprint density at radius 2 is 2.00 bits per heavy atom. The minimum absolute atomic E-state index is 0.0355. The van der Waals surface area contributed by atoms with Crippen LogP contribution in [-0.4, -0.2) is 18.3 Å². The van der Waals surface area contributed by atoms with Gasteiger partial charge < -0.3 is 10.1 Å². The molecule has 3 rings (SSSR count). The molecule has 1 N–H and O–H groups in total. The molecule has 0 fully saturated rings. The van der Waals surface area contributed by atoms with Crippen molar-refractivity contribution in [3.05, 3.63) is 64.7 Å². The second kappa shape index (κ2) is 7.75. The summed E-state index contributed by atoms with van der Waals surface area (Å²) in [6.45, 7) is 0.634. The van der Waals surface area contributed by atoms with E-state index in [1.165, 1.54) is 0 Å². The van der Waals surface area contributed by atoms with Gasteiger partial charge in [-0.25, -0.2) is 0 Å². The predicted molar refractivity (Wildman–Crippen MR) is 95.1 cm³/mol. The zero-order chi connectivity index (χ0) is 16.1. The summed E-state index contributed by atoms with van der Waals surface area (Å²) >= 11 is 7.69. The van der Waals surface area contributed by atoms with E-state index in [1.54, 1.807) is 11.8 Å². The fourth-order valence-corrected chi connectivity index (χ4v) is 3.72. The Morgan fingerprint density at radius 3 is 2.87 bits per heavy atom. The van der Waals surface area contributed by atoms with Gasteiger partial charge in [-0.1, -0.05) is 48.0 Å². The topological polar surface area (TPSA) is 38.3 Å². The monoisotopic (exact) mass is 347 g/mol. The molecule has 0 saturated carbocycles. The Bertz CT molecular complexity index is 692. The standard InChI is InChI=1S/C18H18ClNO2S/c19-15-7-3-1-5-13(15)11-23-12-18(21)20-16-9-10-22-17-8-4-2-6-14(16)17/h1-8,16H,9-12H2,(H,20,21)/t16-/m0/s1. The van der Waals surface area contributed by atoms with E-state index in [9.17, 15) is 4.79 Å². The van der Waals surface area contributed by atoms with Crippen LogP contribution < -0.4 is 10.1 Å². The predicted octanol–water partition coefficient (Wildman–Crippen LogP) is 4.21. The van der Waals surface area contributed by atoms with Crippen LogP contribution in [0.1, 0.15) is 23.6 Å². The summed E-state index contributed by atoms with van der Waals surface area (Å²) < 4.78 is 5.62. The fourth-order valence-electron chi connectivity index (χ4n) is 2.60. The van der Waals surface area contributed by atoms with Crippen LogP contribution in [-0.2, 0) is 10.5 Å². The van der Waals surface area contributed by atoms with Gasteiger partial charge >= 0.3 is 0 Å². The second-order valence-electron chi connectivity index (χ2n) is 5.38. The van der Waals surface area contributed by atoms with E-state index in [1.807, 2.05) is 48.5 Å². The zero-order valence-electron chi connectivity index (χ0n) is 12.6. The van der Waals surface area contributed by atoms with Crippen molar-refractivity contribution in [2.75, 3.05) is 12.4 Å². The van der Waals surface area contributed by atoms with Crippen LogP contribution >= 0.6 is 23.4 Å². The van der Waals surface area contributed by atoms with Gasteiger partial charge in [0.05, 0.1) is 18.4 Å². The van der Waals surface area contributed by atoms with E-state index in [4.69, 9.17) is 16.3 Å². The van der Waals surface area contributed by atoms with Crippen LogP contribution in [0.2, 0.25) is 5.02 Å². The van der Waals surface area contributed by atoms with Gasteiger partial charge in [0.25, 0.3) is 0 Å². The smallest absolute Gasteiger partial charge is 0.230 e. The highest BCUT2D eigenvalue weighted by Crippen LogP contribution is 2.31. The highest BCUT2D eigenvalue weighted by Gasteiger charge is 2.22. The van der Waals surface area contributed by atoms with Gasteiger partial charge in [-0.3, -0.25) is 4.79 Å². The van der Waals surface area contributed by atoms with Crippen molar-refractivity contribution in [1.29, 1.82) is 0 Å². The van der Waals surface area contributed by atoms with Gasteiger partial charge in [-0.2, -0.15) is 0 Å². The molecular formula is C18H18ClNO2S. The molecule has 3 nitrogen and oxygen atoms in total. The molecule has 1 atom stereocenters. The van der Waals surface area contributed by atoms with Crippen molar-refractivity contribution in [3.63, 3.8) is 0 Å². The number of nitrogens with one attached hydrogen (secondary N) is 1. The number of ether oxygens (including phenoxy) is 1. The second-order valence-corrected chi connectivity index (χ2v) is 6.77. The number of carbonyl (C=O) groups excluding carboxylic acids is 1. The number of thioether (sulfide) groups is 1. The van der Waals surface area contributed by atoms with Crippen molar-refractivity contribution < 1.29 is 9.53 Å². The maximum Gasteiger partial charge on any atom is 0.230 e. The Kier molecular flexibility index (Phi) is 5.47. The number of rotatable bonds is 5. The first-order chi connectivity index (χ1) is 11.2. The molecule has 0 radical (unpaired) electrons. The summed E-state index contributed by atoms with van der Waals surface area (Å²) in [7, 11) is 0. The van der Waals surface area contributed by atoms with Gasteiger partial charge in [-0.15, -0.1) is 11.8 Å². The maximum atomic E-state index is 12.2. The van der Waals surface area contributed by atoms with E-state index < -0.39 is 0 Å². The molecule has 120 valence electrons. The molecule has 0 bridgehead atoms. The quantitative estimate of drug-likeness (QED) is 0.880. The van der Waals surface area contributed by atoms with Crippen LogP contribution in [0.25, 0.3) is 0 Å². The minimum atomic E-state index is 0.0355. The fraction of sp³-hybridized carbons (Fsp3) is 0.278. The van der Waals surface area contributed by atoms with Crippen LogP contribution in [0, 0.1) is 0 Å². The summed E-state index contributed by atoms with van der Waals surface area (Å²) in [5.74, 6) is 2.07.